The Hall–Kier alpha value is -2.45. The van der Waals surface area contributed by atoms with E-state index in [0.29, 0.717) is 24.2 Å². The number of amides is 2. The molecule has 24 heavy (non-hydrogen) atoms. The molecule has 1 aliphatic rings. The van der Waals surface area contributed by atoms with Gasteiger partial charge in [-0.05, 0) is 19.0 Å². The molecule has 2 aromatic rings. The highest BCUT2D eigenvalue weighted by atomic mass is 19.1. The first-order chi connectivity index (χ1) is 11.5. The van der Waals surface area contributed by atoms with Crippen LogP contribution in [0.3, 0.4) is 0 Å². The van der Waals surface area contributed by atoms with Crippen LogP contribution in [-0.4, -0.2) is 46.2 Å². The van der Waals surface area contributed by atoms with E-state index in [1.54, 1.807) is 29.1 Å². The van der Waals surface area contributed by atoms with Gasteiger partial charge < -0.3 is 21.1 Å². The Bertz CT molecular complexity index is 712. The molecule has 0 spiro atoms. The number of β-amino-alcohol motifs (C(OH)–C–C–N with tert-alkyl or cyclic N) is 1. The molecule has 1 fully saturated rings. The molecule has 2 heterocycles. The molecule has 8 heteroatoms. The average molecular weight is 333 g/mol. The standard InChI is InChI=1S/C16H20FN5O2/c17-14-4-2-1-3-12(14)8-22-9-13(7-20-22)21-15(23)19-11-16(24)5-6-18-10-16/h1-4,7,9,18,24H,5-6,8,10-11H2,(H2,19,21,23)/t16-/m0/s1. The summed E-state index contributed by atoms with van der Waals surface area (Å²) in [6.07, 6.45) is 3.72. The van der Waals surface area contributed by atoms with Gasteiger partial charge in [0.15, 0.2) is 0 Å². The van der Waals surface area contributed by atoms with Crippen LogP contribution in [0.25, 0.3) is 0 Å². The second kappa shape index (κ2) is 6.98. The van der Waals surface area contributed by atoms with Gasteiger partial charge in [-0.2, -0.15) is 5.10 Å². The minimum absolute atomic E-state index is 0.176. The lowest BCUT2D eigenvalue weighted by Crippen LogP contribution is -2.45. The Balaban J connectivity index is 1.52. The van der Waals surface area contributed by atoms with Crippen LogP contribution in [0, 0.1) is 5.82 Å². The molecule has 7 nitrogen and oxygen atoms in total. The first-order valence-electron chi connectivity index (χ1n) is 7.78. The van der Waals surface area contributed by atoms with E-state index in [1.807, 2.05) is 0 Å². The first-order valence-corrected chi connectivity index (χ1v) is 7.78. The molecular formula is C16H20FN5O2. The molecule has 1 aromatic carbocycles. The highest BCUT2D eigenvalue weighted by Gasteiger charge is 2.31. The summed E-state index contributed by atoms with van der Waals surface area (Å²) >= 11 is 0. The maximum Gasteiger partial charge on any atom is 0.319 e. The van der Waals surface area contributed by atoms with Crippen molar-refractivity contribution < 1.29 is 14.3 Å². The lowest BCUT2D eigenvalue weighted by atomic mass is 10.0. The predicted molar refractivity (Wildman–Crippen MR) is 87.2 cm³/mol. The highest BCUT2D eigenvalue weighted by molar-refractivity contribution is 5.88. The molecule has 2 amide bonds. The van der Waals surface area contributed by atoms with Gasteiger partial charge in [-0.25, -0.2) is 9.18 Å². The van der Waals surface area contributed by atoms with Gasteiger partial charge in [-0.15, -0.1) is 0 Å². The van der Waals surface area contributed by atoms with Gasteiger partial charge in [-0.1, -0.05) is 18.2 Å². The van der Waals surface area contributed by atoms with Crippen molar-refractivity contribution >= 4 is 11.7 Å². The molecule has 0 radical (unpaired) electrons. The van der Waals surface area contributed by atoms with E-state index in [2.05, 4.69) is 21.0 Å². The fraction of sp³-hybridized carbons (Fsp3) is 0.375. The summed E-state index contributed by atoms with van der Waals surface area (Å²) < 4.78 is 15.2. The number of nitrogens with zero attached hydrogens (tertiary/aromatic N) is 2. The van der Waals surface area contributed by atoms with E-state index in [-0.39, 0.29) is 18.9 Å². The Kier molecular flexibility index (Phi) is 4.77. The van der Waals surface area contributed by atoms with Crippen LogP contribution < -0.4 is 16.0 Å². The van der Waals surface area contributed by atoms with Crippen molar-refractivity contribution in [2.75, 3.05) is 25.0 Å². The SMILES string of the molecule is O=C(NC[C@]1(O)CCNC1)Nc1cnn(Cc2ccccc2F)c1. The van der Waals surface area contributed by atoms with Gasteiger partial charge in [0.1, 0.15) is 5.82 Å². The number of anilines is 1. The zero-order chi connectivity index (χ0) is 17.0. The highest BCUT2D eigenvalue weighted by Crippen LogP contribution is 2.13. The average Bonchev–Trinajstić information content (AvgIpc) is 3.18. The number of aromatic nitrogens is 2. The molecule has 3 rings (SSSR count). The number of nitrogens with one attached hydrogen (secondary N) is 3. The Morgan fingerprint density at radius 3 is 3.04 bits per heavy atom. The van der Waals surface area contributed by atoms with E-state index in [1.165, 1.54) is 12.3 Å². The first kappa shape index (κ1) is 16.4. The summed E-state index contributed by atoms with van der Waals surface area (Å²) in [4.78, 5) is 11.9. The molecule has 1 atom stereocenters. The van der Waals surface area contributed by atoms with Gasteiger partial charge in [0, 0.05) is 24.8 Å². The van der Waals surface area contributed by atoms with E-state index in [9.17, 15) is 14.3 Å². The van der Waals surface area contributed by atoms with Crippen molar-refractivity contribution in [2.45, 2.75) is 18.6 Å². The predicted octanol–water partition coefficient (Wildman–Crippen LogP) is 0.916. The molecule has 4 N–H and O–H groups in total. The Morgan fingerprint density at radius 2 is 2.29 bits per heavy atom. The van der Waals surface area contributed by atoms with E-state index in [0.717, 1.165) is 6.54 Å². The number of hydrogen-bond acceptors (Lipinski definition) is 4. The molecule has 128 valence electrons. The normalized spacial score (nSPS) is 20.1. The number of benzene rings is 1. The second-order valence-electron chi connectivity index (χ2n) is 5.98. The Labute approximate surface area is 138 Å². The summed E-state index contributed by atoms with van der Waals surface area (Å²) in [5, 5.41) is 22.6. The number of carbonyl (C=O) groups excluding carboxylic acids is 1. The third-order valence-corrected chi connectivity index (χ3v) is 3.98. The molecule has 1 saturated heterocycles. The maximum absolute atomic E-state index is 13.6. The van der Waals surface area contributed by atoms with E-state index < -0.39 is 11.6 Å². The van der Waals surface area contributed by atoms with Crippen LogP contribution >= 0.6 is 0 Å². The van der Waals surface area contributed by atoms with Crippen LogP contribution in [0.2, 0.25) is 0 Å². The lowest BCUT2D eigenvalue weighted by Gasteiger charge is -2.21. The second-order valence-corrected chi connectivity index (χ2v) is 5.98. The number of rotatable bonds is 5. The number of hydrogen-bond donors (Lipinski definition) is 4. The van der Waals surface area contributed by atoms with Crippen molar-refractivity contribution in [3.63, 3.8) is 0 Å². The monoisotopic (exact) mass is 333 g/mol. The number of urea groups is 1. The molecule has 0 unspecified atom stereocenters. The number of aliphatic hydroxyl groups is 1. The molecule has 0 bridgehead atoms. The minimum atomic E-state index is -0.896. The summed E-state index contributed by atoms with van der Waals surface area (Å²) in [6.45, 7) is 1.66. The topological polar surface area (TPSA) is 91.2 Å². The van der Waals surface area contributed by atoms with Crippen LogP contribution in [0.1, 0.15) is 12.0 Å². The van der Waals surface area contributed by atoms with Crippen LogP contribution in [-0.2, 0) is 6.54 Å². The lowest BCUT2D eigenvalue weighted by molar-refractivity contribution is 0.0640. The third-order valence-electron chi connectivity index (χ3n) is 3.98. The zero-order valence-corrected chi connectivity index (χ0v) is 13.1. The van der Waals surface area contributed by atoms with Crippen molar-refractivity contribution in [3.05, 3.63) is 48.0 Å². The van der Waals surface area contributed by atoms with Crippen LogP contribution in [0.4, 0.5) is 14.9 Å². The van der Waals surface area contributed by atoms with Crippen molar-refractivity contribution in [2.24, 2.45) is 0 Å². The fourth-order valence-electron chi connectivity index (χ4n) is 2.62. The third kappa shape index (κ3) is 4.09. The fourth-order valence-corrected chi connectivity index (χ4v) is 2.62. The summed E-state index contributed by atoms with van der Waals surface area (Å²) in [5.41, 5.74) is 0.125. The van der Waals surface area contributed by atoms with Crippen LogP contribution in [0.5, 0.6) is 0 Å². The smallest absolute Gasteiger partial charge is 0.319 e. The quantitative estimate of drug-likeness (QED) is 0.655. The van der Waals surface area contributed by atoms with E-state index in [4.69, 9.17) is 0 Å². The summed E-state index contributed by atoms with van der Waals surface area (Å²) in [7, 11) is 0. The van der Waals surface area contributed by atoms with Gasteiger partial charge >= 0.3 is 6.03 Å². The molecule has 0 saturated carbocycles. The zero-order valence-electron chi connectivity index (χ0n) is 13.1. The Morgan fingerprint density at radius 1 is 1.46 bits per heavy atom. The van der Waals surface area contributed by atoms with Gasteiger partial charge in [-0.3, -0.25) is 4.68 Å². The van der Waals surface area contributed by atoms with E-state index >= 15 is 0 Å². The largest absolute Gasteiger partial charge is 0.387 e. The van der Waals surface area contributed by atoms with Crippen molar-refractivity contribution in [1.82, 2.24) is 20.4 Å². The molecule has 1 aliphatic heterocycles. The molecular weight excluding hydrogens is 313 g/mol. The van der Waals surface area contributed by atoms with Gasteiger partial charge in [0.25, 0.3) is 0 Å². The summed E-state index contributed by atoms with van der Waals surface area (Å²) in [5.74, 6) is -0.293. The molecule has 0 aliphatic carbocycles. The van der Waals surface area contributed by atoms with Crippen molar-refractivity contribution in [3.8, 4) is 0 Å². The minimum Gasteiger partial charge on any atom is -0.387 e. The molecule has 1 aromatic heterocycles. The number of carbonyl (C=O) groups is 1. The number of halogens is 1. The van der Waals surface area contributed by atoms with Crippen molar-refractivity contribution in [1.29, 1.82) is 0 Å². The maximum atomic E-state index is 13.6. The summed E-state index contributed by atoms with van der Waals surface area (Å²) in [6, 6.07) is 6.06. The van der Waals surface area contributed by atoms with Crippen LogP contribution in [0.15, 0.2) is 36.7 Å². The van der Waals surface area contributed by atoms with Gasteiger partial charge in [0.05, 0.1) is 24.0 Å². The van der Waals surface area contributed by atoms with Gasteiger partial charge in [0.2, 0.25) is 0 Å².